The highest BCUT2D eigenvalue weighted by molar-refractivity contribution is 5.93. The number of ether oxygens (including phenoxy) is 4. The molecule has 0 saturated carbocycles. The van der Waals surface area contributed by atoms with E-state index in [1.165, 1.54) is 12.0 Å². The summed E-state index contributed by atoms with van der Waals surface area (Å²) in [7, 11) is 6.24. The molecule has 42 heavy (non-hydrogen) atoms. The van der Waals surface area contributed by atoms with Gasteiger partial charge in [0.25, 0.3) is 0 Å². The van der Waals surface area contributed by atoms with E-state index in [-0.39, 0.29) is 25.6 Å². The molecule has 0 aliphatic rings. The second-order valence-electron chi connectivity index (χ2n) is 9.65. The van der Waals surface area contributed by atoms with Gasteiger partial charge in [0.2, 0.25) is 5.91 Å². The second-order valence-corrected chi connectivity index (χ2v) is 9.65. The molecule has 4 aromatic rings. The first-order valence-corrected chi connectivity index (χ1v) is 13.7. The summed E-state index contributed by atoms with van der Waals surface area (Å²) < 4.78 is 21.5. The van der Waals surface area contributed by atoms with Gasteiger partial charge in [0.1, 0.15) is 23.8 Å². The second kappa shape index (κ2) is 14.8. The van der Waals surface area contributed by atoms with Crippen molar-refractivity contribution in [3.8, 4) is 17.2 Å². The Balaban J connectivity index is 1.55. The molecule has 10 heteroatoms. The van der Waals surface area contributed by atoms with E-state index in [9.17, 15) is 9.59 Å². The van der Waals surface area contributed by atoms with Crippen molar-refractivity contribution in [3.05, 3.63) is 84.1 Å². The fourth-order valence-electron chi connectivity index (χ4n) is 4.74. The molecule has 0 bridgehead atoms. The van der Waals surface area contributed by atoms with Gasteiger partial charge in [-0.1, -0.05) is 36.4 Å². The van der Waals surface area contributed by atoms with Crippen LogP contribution in [0.5, 0.6) is 17.2 Å². The maximum atomic E-state index is 13.9. The number of hydrogen-bond acceptors (Lipinski definition) is 6. The number of aromatic nitrogens is 1. The van der Waals surface area contributed by atoms with E-state index in [0.717, 1.165) is 22.0 Å². The Morgan fingerprint density at radius 1 is 0.810 bits per heavy atom. The fourth-order valence-corrected chi connectivity index (χ4v) is 4.74. The van der Waals surface area contributed by atoms with Crippen LogP contribution < -0.4 is 19.5 Å². The molecule has 0 spiro atoms. The largest absolute Gasteiger partial charge is 0.497 e. The molecular formula is C32H38N4O6. The third-order valence-corrected chi connectivity index (χ3v) is 7.06. The summed E-state index contributed by atoms with van der Waals surface area (Å²) >= 11 is 0. The molecule has 3 aromatic carbocycles. The van der Waals surface area contributed by atoms with E-state index in [4.69, 9.17) is 18.9 Å². The Morgan fingerprint density at radius 2 is 1.57 bits per heavy atom. The summed E-state index contributed by atoms with van der Waals surface area (Å²) in [6.07, 6.45) is 2.62. The van der Waals surface area contributed by atoms with Crippen LogP contribution in [0.15, 0.2) is 72.9 Å². The summed E-state index contributed by atoms with van der Waals surface area (Å²) in [5, 5.41) is 3.99. The van der Waals surface area contributed by atoms with Crippen molar-refractivity contribution in [2.24, 2.45) is 0 Å². The van der Waals surface area contributed by atoms with Gasteiger partial charge in [0.05, 0.1) is 33.6 Å². The molecule has 2 N–H and O–H groups in total. The monoisotopic (exact) mass is 574 g/mol. The Hall–Kier alpha value is -4.70. The first kappa shape index (κ1) is 30.3. The molecule has 0 saturated heterocycles. The number of carbonyl (C=O) groups excluding carboxylic acids is 2. The maximum absolute atomic E-state index is 13.9. The van der Waals surface area contributed by atoms with Crippen molar-refractivity contribution in [3.63, 3.8) is 0 Å². The lowest BCUT2D eigenvalue weighted by Crippen LogP contribution is -2.46. The highest BCUT2D eigenvalue weighted by atomic mass is 16.5. The number of amides is 3. The van der Waals surface area contributed by atoms with Crippen LogP contribution in [0, 0.1) is 0 Å². The SMILES string of the molecule is COCCN(CC(=O)N(CCc1c[nH]c2ccccc12)Cc1ccccc1OC)C(=O)Nc1ccc(OC)cc1OC. The summed E-state index contributed by atoms with van der Waals surface area (Å²) in [4.78, 5) is 33.8. The van der Waals surface area contributed by atoms with Crippen LogP contribution in [-0.2, 0) is 22.5 Å². The maximum Gasteiger partial charge on any atom is 0.322 e. The molecule has 0 radical (unpaired) electrons. The number of para-hydroxylation sites is 2. The quantitative estimate of drug-likeness (QED) is 0.221. The van der Waals surface area contributed by atoms with Gasteiger partial charge in [-0.2, -0.15) is 0 Å². The minimum absolute atomic E-state index is 0.142. The molecular weight excluding hydrogens is 536 g/mol. The lowest BCUT2D eigenvalue weighted by Gasteiger charge is -2.28. The van der Waals surface area contributed by atoms with Gasteiger partial charge in [-0.3, -0.25) is 4.79 Å². The molecule has 0 unspecified atom stereocenters. The number of benzene rings is 3. The number of urea groups is 1. The molecule has 0 atom stereocenters. The predicted molar refractivity (Wildman–Crippen MR) is 162 cm³/mol. The molecule has 10 nitrogen and oxygen atoms in total. The number of methoxy groups -OCH3 is 4. The van der Waals surface area contributed by atoms with Crippen molar-refractivity contribution in [1.29, 1.82) is 0 Å². The third kappa shape index (κ3) is 7.52. The number of hydrogen-bond donors (Lipinski definition) is 2. The van der Waals surface area contributed by atoms with Gasteiger partial charge in [-0.05, 0) is 36.2 Å². The van der Waals surface area contributed by atoms with E-state index in [2.05, 4.69) is 16.4 Å². The first-order chi connectivity index (χ1) is 20.5. The van der Waals surface area contributed by atoms with Crippen LogP contribution in [0.4, 0.5) is 10.5 Å². The number of carbonyl (C=O) groups is 2. The van der Waals surface area contributed by atoms with Gasteiger partial charge in [0, 0.05) is 55.5 Å². The molecule has 4 rings (SSSR count). The predicted octanol–water partition coefficient (Wildman–Crippen LogP) is 4.95. The zero-order valence-corrected chi connectivity index (χ0v) is 24.5. The topological polar surface area (TPSA) is 105 Å². The minimum Gasteiger partial charge on any atom is -0.497 e. The Kier molecular flexibility index (Phi) is 10.7. The first-order valence-electron chi connectivity index (χ1n) is 13.7. The molecule has 0 aliphatic carbocycles. The number of aromatic amines is 1. The van der Waals surface area contributed by atoms with Crippen LogP contribution >= 0.6 is 0 Å². The summed E-state index contributed by atoms with van der Waals surface area (Å²) in [6, 6.07) is 20.4. The number of anilines is 1. The average Bonchev–Trinajstić information content (AvgIpc) is 3.44. The molecule has 1 aromatic heterocycles. The lowest BCUT2D eigenvalue weighted by molar-refractivity contribution is -0.132. The lowest BCUT2D eigenvalue weighted by atomic mass is 10.1. The van der Waals surface area contributed by atoms with Gasteiger partial charge < -0.3 is 39.0 Å². The highest BCUT2D eigenvalue weighted by Crippen LogP contribution is 2.29. The summed E-state index contributed by atoms with van der Waals surface area (Å²) in [5.41, 5.74) is 3.50. The van der Waals surface area contributed by atoms with E-state index in [0.29, 0.717) is 42.4 Å². The number of fused-ring (bicyclic) bond motifs is 1. The van der Waals surface area contributed by atoms with Crippen LogP contribution in [0.2, 0.25) is 0 Å². The minimum atomic E-state index is -0.447. The van der Waals surface area contributed by atoms with Crippen molar-refractivity contribution in [2.75, 3.05) is 60.0 Å². The van der Waals surface area contributed by atoms with E-state index >= 15 is 0 Å². The van der Waals surface area contributed by atoms with E-state index < -0.39 is 6.03 Å². The number of nitrogens with zero attached hydrogens (tertiary/aromatic N) is 2. The average molecular weight is 575 g/mol. The summed E-state index contributed by atoms with van der Waals surface area (Å²) in [6.45, 7) is 1.12. The van der Waals surface area contributed by atoms with Gasteiger partial charge in [-0.15, -0.1) is 0 Å². The van der Waals surface area contributed by atoms with E-state index in [1.54, 1.807) is 44.4 Å². The van der Waals surface area contributed by atoms with Gasteiger partial charge in [0.15, 0.2) is 0 Å². The smallest absolute Gasteiger partial charge is 0.322 e. The van der Waals surface area contributed by atoms with Crippen molar-refractivity contribution < 1.29 is 28.5 Å². The Morgan fingerprint density at radius 3 is 2.33 bits per heavy atom. The molecule has 0 fully saturated rings. The normalized spacial score (nSPS) is 10.8. The van der Waals surface area contributed by atoms with Crippen LogP contribution in [0.25, 0.3) is 10.9 Å². The summed E-state index contributed by atoms with van der Waals surface area (Å²) in [5.74, 6) is 1.53. The third-order valence-electron chi connectivity index (χ3n) is 7.06. The standard InChI is InChI=1S/C32H38N4O6/c1-39-18-17-36(32(38)34-28-14-13-25(40-2)19-30(28)42-4)22-31(37)35(21-24-9-5-8-12-29(24)41-3)16-15-23-20-33-27-11-7-6-10-26(23)27/h5-14,19-20,33H,15-18,21-22H2,1-4H3,(H,34,38). The van der Waals surface area contributed by atoms with Crippen LogP contribution in [-0.4, -0.2) is 81.4 Å². The Bertz CT molecular complexity index is 1490. The van der Waals surface area contributed by atoms with Crippen LogP contribution in [0.1, 0.15) is 11.1 Å². The zero-order chi connectivity index (χ0) is 29.9. The van der Waals surface area contributed by atoms with Crippen molar-refractivity contribution >= 4 is 28.5 Å². The van der Waals surface area contributed by atoms with Gasteiger partial charge in [-0.25, -0.2) is 4.79 Å². The highest BCUT2D eigenvalue weighted by Gasteiger charge is 2.23. The van der Waals surface area contributed by atoms with E-state index in [1.807, 2.05) is 48.7 Å². The molecule has 3 amide bonds. The van der Waals surface area contributed by atoms with Crippen molar-refractivity contribution in [1.82, 2.24) is 14.8 Å². The number of rotatable bonds is 14. The van der Waals surface area contributed by atoms with Crippen molar-refractivity contribution in [2.45, 2.75) is 13.0 Å². The Labute approximate surface area is 246 Å². The van der Waals surface area contributed by atoms with Gasteiger partial charge >= 0.3 is 6.03 Å². The van der Waals surface area contributed by atoms with Crippen LogP contribution in [0.3, 0.4) is 0 Å². The fraction of sp³-hybridized carbons (Fsp3) is 0.312. The number of nitrogens with one attached hydrogen (secondary N) is 2. The number of H-pyrrole nitrogens is 1. The molecule has 1 heterocycles. The zero-order valence-electron chi connectivity index (χ0n) is 24.5. The molecule has 0 aliphatic heterocycles. The molecule has 222 valence electrons.